The van der Waals surface area contributed by atoms with Gasteiger partial charge >= 0.3 is 11.9 Å². The van der Waals surface area contributed by atoms with E-state index in [1.165, 1.54) is 13.8 Å². The molecular weight excluding hydrogens is 236 g/mol. The van der Waals surface area contributed by atoms with E-state index < -0.39 is 29.7 Å². The van der Waals surface area contributed by atoms with Gasteiger partial charge in [0, 0.05) is 13.8 Å². The van der Waals surface area contributed by atoms with Crippen LogP contribution in [0.1, 0.15) is 34.1 Å². The van der Waals surface area contributed by atoms with Crippen molar-refractivity contribution < 1.29 is 23.8 Å². The maximum absolute atomic E-state index is 11.1. The standard InChI is InChI=1S/C13H18O5/c1-6-10-13(5,7-2)11(16-8(3)14)12(18-10)17-9(4)15/h2,10-12H,6H2,1,3-5H3/t10-,11+,12?,13+/m1/s1. The Hall–Kier alpha value is -1.54. The van der Waals surface area contributed by atoms with E-state index >= 15 is 0 Å². The third kappa shape index (κ3) is 2.65. The Balaban J connectivity index is 3.03. The molecule has 1 fully saturated rings. The molecule has 5 nitrogen and oxygen atoms in total. The van der Waals surface area contributed by atoms with Crippen LogP contribution < -0.4 is 0 Å². The van der Waals surface area contributed by atoms with E-state index in [1.54, 1.807) is 6.92 Å². The Kier molecular flexibility index (Phi) is 4.36. The number of hydrogen-bond acceptors (Lipinski definition) is 5. The first-order chi connectivity index (χ1) is 8.35. The second-order valence-electron chi connectivity index (χ2n) is 4.47. The smallest absolute Gasteiger partial charge is 0.305 e. The molecule has 1 saturated heterocycles. The zero-order valence-corrected chi connectivity index (χ0v) is 11.1. The minimum Gasteiger partial charge on any atom is -0.454 e. The van der Waals surface area contributed by atoms with Gasteiger partial charge in [0.05, 0.1) is 11.5 Å². The topological polar surface area (TPSA) is 61.8 Å². The van der Waals surface area contributed by atoms with E-state index in [2.05, 4.69) is 5.92 Å². The first-order valence-electron chi connectivity index (χ1n) is 5.82. The molecule has 0 aromatic heterocycles. The largest absolute Gasteiger partial charge is 0.454 e. The lowest BCUT2D eigenvalue weighted by atomic mass is 9.80. The number of esters is 2. The normalized spacial score (nSPS) is 34.7. The second-order valence-corrected chi connectivity index (χ2v) is 4.47. The fourth-order valence-corrected chi connectivity index (χ4v) is 2.15. The van der Waals surface area contributed by atoms with Crippen molar-refractivity contribution in [3.8, 4) is 12.3 Å². The number of carbonyl (C=O) groups excluding carboxylic acids is 2. The monoisotopic (exact) mass is 254 g/mol. The molecule has 0 N–H and O–H groups in total. The minimum absolute atomic E-state index is 0.323. The van der Waals surface area contributed by atoms with E-state index in [-0.39, 0.29) is 6.10 Å². The summed E-state index contributed by atoms with van der Waals surface area (Å²) in [5, 5.41) is 0. The number of ether oxygens (including phenoxy) is 3. The van der Waals surface area contributed by atoms with Crippen molar-refractivity contribution in [3.05, 3.63) is 0 Å². The van der Waals surface area contributed by atoms with Gasteiger partial charge in [-0.3, -0.25) is 9.59 Å². The number of terminal acetylenes is 1. The van der Waals surface area contributed by atoms with Crippen molar-refractivity contribution in [2.45, 2.75) is 52.6 Å². The predicted molar refractivity (Wildman–Crippen MR) is 63.2 cm³/mol. The SMILES string of the molecule is C#C[C@@]1(C)[C@@H](CC)OC(OC(C)=O)[C@@H]1OC(C)=O. The quantitative estimate of drug-likeness (QED) is 0.560. The Morgan fingerprint density at radius 2 is 1.89 bits per heavy atom. The predicted octanol–water partition coefficient (Wildman–Crippen LogP) is 1.26. The summed E-state index contributed by atoms with van der Waals surface area (Å²) in [5.74, 6) is 1.61. The van der Waals surface area contributed by atoms with Gasteiger partial charge in [0.1, 0.15) is 0 Å². The van der Waals surface area contributed by atoms with Crippen LogP contribution in [-0.2, 0) is 23.8 Å². The highest BCUT2D eigenvalue weighted by molar-refractivity contribution is 5.67. The summed E-state index contributed by atoms with van der Waals surface area (Å²) in [7, 11) is 0. The second kappa shape index (κ2) is 5.40. The highest BCUT2D eigenvalue weighted by atomic mass is 16.7. The van der Waals surface area contributed by atoms with Crippen LogP contribution in [0, 0.1) is 17.8 Å². The van der Waals surface area contributed by atoms with E-state index in [9.17, 15) is 9.59 Å². The molecule has 100 valence electrons. The average Bonchev–Trinajstić information content (AvgIpc) is 2.53. The van der Waals surface area contributed by atoms with Crippen LogP contribution in [0.4, 0.5) is 0 Å². The number of hydrogen-bond donors (Lipinski definition) is 0. The van der Waals surface area contributed by atoms with Gasteiger partial charge in [0.15, 0.2) is 6.10 Å². The molecule has 0 saturated carbocycles. The third-order valence-corrected chi connectivity index (χ3v) is 3.06. The number of rotatable bonds is 3. The fraction of sp³-hybridized carbons (Fsp3) is 0.692. The molecule has 1 rings (SSSR count). The van der Waals surface area contributed by atoms with Crippen molar-refractivity contribution in [2.75, 3.05) is 0 Å². The molecule has 1 aliphatic rings. The van der Waals surface area contributed by atoms with Gasteiger partial charge in [0.2, 0.25) is 6.29 Å². The van der Waals surface area contributed by atoms with Gasteiger partial charge in [-0.05, 0) is 13.3 Å². The van der Waals surface area contributed by atoms with E-state index in [4.69, 9.17) is 20.6 Å². The fourth-order valence-electron chi connectivity index (χ4n) is 2.15. The Morgan fingerprint density at radius 1 is 1.33 bits per heavy atom. The number of carbonyl (C=O) groups is 2. The van der Waals surface area contributed by atoms with Crippen molar-refractivity contribution in [3.63, 3.8) is 0 Å². The zero-order valence-electron chi connectivity index (χ0n) is 11.1. The zero-order chi connectivity index (χ0) is 13.9. The molecule has 4 atom stereocenters. The molecule has 0 aliphatic carbocycles. The van der Waals surface area contributed by atoms with Crippen LogP contribution in [0.3, 0.4) is 0 Å². The first kappa shape index (κ1) is 14.5. The van der Waals surface area contributed by atoms with E-state index in [1.807, 2.05) is 6.92 Å². The Labute approximate surface area is 107 Å². The molecule has 0 radical (unpaired) electrons. The van der Waals surface area contributed by atoms with Crippen molar-refractivity contribution in [2.24, 2.45) is 5.41 Å². The molecule has 0 aromatic carbocycles. The van der Waals surface area contributed by atoms with E-state index in [0.717, 1.165) is 0 Å². The molecule has 18 heavy (non-hydrogen) atoms. The van der Waals surface area contributed by atoms with E-state index in [0.29, 0.717) is 6.42 Å². The van der Waals surface area contributed by atoms with Gasteiger partial charge in [-0.25, -0.2) is 0 Å². The van der Waals surface area contributed by atoms with Crippen molar-refractivity contribution in [1.82, 2.24) is 0 Å². The highest BCUT2D eigenvalue weighted by Gasteiger charge is 2.55. The third-order valence-electron chi connectivity index (χ3n) is 3.06. The van der Waals surface area contributed by atoms with Gasteiger partial charge < -0.3 is 14.2 Å². The summed E-state index contributed by atoms with van der Waals surface area (Å²) in [6.45, 7) is 6.21. The summed E-state index contributed by atoms with van der Waals surface area (Å²) in [6, 6.07) is 0. The van der Waals surface area contributed by atoms with Crippen LogP contribution in [0.25, 0.3) is 0 Å². The Bertz CT molecular complexity index is 383. The van der Waals surface area contributed by atoms with Crippen LogP contribution in [0.15, 0.2) is 0 Å². The highest BCUT2D eigenvalue weighted by Crippen LogP contribution is 2.42. The maximum Gasteiger partial charge on any atom is 0.305 e. The molecule has 1 heterocycles. The molecule has 0 bridgehead atoms. The summed E-state index contributed by atoms with van der Waals surface area (Å²) >= 11 is 0. The van der Waals surface area contributed by atoms with Crippen LogP contribution in [0.5, 0.6) is 0 Å². The molecule has 0 spiro atoms. The summed E-state index contributed by atoms with van der Waals surface area (Å²) < 4.78 is 15.8. The van der Waals surface area contributed by atoms with Crippen LogP contribution in [0.2, 0.25) is 0 Å². The molecular formula is C13H18O5. The first-order valence-corrected chi connectivity index (χ1v) is 5.82. The van der Waals surface area contributed by atoms with Gasteiger partial charge in [-0.1, -0.05) is 12.8 Å². The average molecular weight is 254 g/mol. The lowest BCUT2D eigenvalue weighted by Gasteiger charge is -2.28. The lowest BCUT2D eigenvalue weighted by Crippen LogP contribution is -2.41. The van der Waals surface area contributed by atoms with Gasteiger partial charge in [-0.15, -0.1) is 6.42 Å². The lowest BCUT2D eigenvalue weighted by molar-refractivity contribution is -0.194. The molecule has 0 aromatic rings. The van der Waals surface area contributed by atoms with Crippen molar-refractivity contribution in [1.29, 1.82) is 0 Å². The van der Waals surface area contributed by atoms with Crippen LogP contribution in [-0.4, -0.2) is 30.4 Å². The van der Waals surface area contributed by atoms with Crippen LogP contribution >= 0.6 is 0 Å². The summed E-state index contributed by atoms with van der Waals surface area (Å²) in [5.41, 5.74) is -0.805. The van der Waals surface area contributed by atoms with Crippen molar-refractivity contribution >= 4 is 11.9 Å². The van der Waals surface area contributed by atoms with Gasteiger partial charge in [-0.2, -0.15) is 0 Å². The maximum atomic E-state index is 11.1. The minimum atomic E-state index is -0.947. The molecule has 5 heteroatoms. The Morgan fingerprint density at radius 3 is 2.28 bits per heavy atom. The summed E-state index contributed by atoms with van der Waals surface area (Å²) in [4.78, 5) is 22.2. The molecule has 1 aliphatic heterocycles. The molecule has 0 amide bonds. The molecule has 1 unspecified atom stereocenters. The summed E-state index contributed by atoms with van der Waals surface area (Å²) in [6.07, 6.45) is 4.11. The van der Waals surface area contributed by atoms with Gasteiger partial charge in [0.25, 0.3) is 0 Å².